The second-order valence-corrected chi connectivity index (χ2v) is 5.16. The van der Waals surface area contributed by atoms with Crippen LogP contribution in [-0.2, 0) is 6.42 Å². The molecule has 0 heterocycles. The SMILES string of the molecule is COc1ccc(C)cc1CC(O)c1cc(C)c(F)cc1F. The van der Waals surface area contributed by atoms with Crippen LogP contribution in [0.25, 0.3) is 0 Å². The highest BCUT2D eigenvalue weighted by atomic mass is 19.1. The second kappa shape index (κ2) is 6.22. The molecule has 2 aromatic rings. The van der Waals surface area contributed by atoms with E-state index < -0.39 is 17.7 Å². The Hall–Kier alpha value is -1.94. The van der Waals surface area contributed by atoms with E-state index in [9.17, 15) is 13.9 Å². The highest BCUT2D eigenvalue weighted by molar-refractivity contribution is 5.38. The number of methoxy groups -OCH3 is 1. The molecule has 1 N–H and O–H groups in total. The summed E-state index contributed by atoms with van der Waals surface area (Å²) in [5, 5.41) is 10.3. The van der Waals surface area contributed by atoms with Crippen molar-refractivity contribution < 1.29 is 18.6 Å². The number of rotatable bonds is 4. The van der Waals surface area contributed by atoms with Crippen LogP contribution >= 0.6 is 0 Å². The van der Waals surface area contributed by atoms with Crippen molar-refractivity contribution in [2.45, 2.75) is 26.4 Å². The molecule has 2 nitrogen and oxygen atoms in total. The molecule has 2 aromatic carbocycles. The summed E-state index contributed by atoms with van der Waals surface area (Å²) in [4.78, 5) is 0. The van der Waals surface area contributed by atoms with Gasteiger partial charge in [0.05, 0.1) is 13.2 Å². The van der Waals surface area contributed by atoms with E-state index in [-0.39, 0.29) is 12.0 Å². The summed E-state index contributed by atoms with van der Waals surface area (Å²) in [7, 11) is 1.54. The monoisotopic (exact) mass is 292 g/mol. The van der Waals surface area contributed by atoms with Crippen LogP contribution in [0, 0.1) is 25.5 Å². The summed E-state index contributed by atoms with van der Waals surface area (Å²) < 4.78 is 32.3. The molecule has 1 atom stereocenters. The first-order valence-electron chi connectivity index (χ1n) is 6.69. The maximum atomic E-state index is 13.8. The molecule has 0 saturated carbocycles. The first-order valence-corrected chi connectivity index (χ1v) is 6.69. The van der Waals surface area contributed by atoms with Crippen LogP contribution in [0.2, 0.25) is 0 Å². The van der Waals surface area contributed by atoms with E-state index >= 15 is 0 Å². The molecule has 0 radical (unpaired) electrons. The van der Waals surface area contributed by atoms with Crippen molar-refractivity contribution >= 4 is 0 Å². The van der Waals surface area contributed by atoms with Crippen LogP contribution < -0.4 is 4.74 Å². The van der Waals surface area contributed by atoms with E-state index in [1.54, 1.807) is 7.11 Å². The molecule has 2 rings (SSSR count). The van der Waals surface area contributed by atoms with Crippen molar-refractivity contribution in [3.63, 3.8) is 0 Å². The molecule has 0 amide bonds. The van der Waals surface area contributed by atoms with E-state index in [0.717, 1.165) is 17.2 Å². The summed E-state index contributed by atoms with van der Waals surface area (Å²) >= 11 is 0. The summed E-state index contributed by atoms with van der Waals surface area (Å²) in [5.74, 6) is -0.715. The standard InChI is InChI=1S/C17H18F2O2/c1-10-4-5-17(21-3)12(6-10)8-16(20)13-7-11(2)14(18)9-15(13)19/h4-7,9,16,20H,8H2,1-3H3. The van der Waals surface area contributed by atoms with Gasteiger partial charge in [-0.1, -0.05) is 17.7 Å². The van der Waals surface area contributed by atoms with Crippen LogP contribution in [0.5, 0.6) is 5.75 Å². The van der Waals surface area contributed by atoms with Gasteiger partial charge in [-0.15, -0.1) is 0 Å². The zero-order valence-electron chi connectivity index (χ0n) is 12.3. The van der Waals surface area contributed by atoms with E-state index in [1.165, 1.54) is 13.0 Å². The average Bonchev–Trinajstić information content (AvgIpc) is 2.43. The fourth-order valence-corrected chi connectivity index (χ4v) is 2.32. The Bertz CT molecular complexity index is 653. The molecular weight excluding hydrogens is 274 g/mol. The molecule has 0 aliphatic rings. The average molecular weight is 292 g/mol. The molecule has 0 aliphatic heterocycles. The largest absolute Gasteiger partial charge is 0.496 e. The molecule has 0 aliphatic carbocycles. The van der Waals surface area contributed by atoms with Gasteiger partial charge in [-0.2, -0.15) is 0 Å². The molecule has 112 valence electrons. The minimum absolute atomic E-state index is 0.0949. The van der Waals surface area contributed by atoms with Gasteiger partial charge in [-0.05, 0) is 37.1 Å². The third-order valence-corrected chi connectivity index (χ3v) is 3.49. The predicted octanol–water partition coefficient (Wildman–Crippen LogP) is 3.87. The van der Waals surface area contributed by atoms with E-state index in [0.29, 0.717) is 11.3 Å². The molecule has 0 fully saturated rings. The fraction of sp³-hybridized carbons (Fsp3) is 0.294. The highest BCUT2D eigenvalue weighted by Crippen LogP contribution is 2.28. The van der Waals surface area contributed by atoms with E-state index in [4.69, 9.17) is 4.74 Å². The molecule has 21 heavy (non-hydrogen) atoms. The normalized spacial score (nSPS) is 12.3. The molecule has 0 spiro atoms. The lowest BCUT2D eigenvalue weighted by Crippen LogP contribution is -2.07. The zero-order valence-corrected chi connectivity index (χ0v) is 12.3. The summed E-state index contributed by atoms with van der Waals surface area (Å²) in [5.41, 5.74) is 2.21. The van der Waals surface area contributed by atoms with Crippen LogP contribution in [-0.4, -0.2) is 12.2 Å². The molecule has 1 unspecified atom stereocenters. The third-order valence-electron chi connectivity index (χ3n) is 3.49. The lowest BCUT2D eigenvalue weighted by atomic mass is 9.97. The smallest absolute Gasteiger partial charge is 0.131 e. The van der Waals surface area contributed by atoms with Gasteiger partial charge >= 0.3 is 0 Å². The molecule has 0 bridgehead atoms. The summed E-state index contributed by atoms with van der Waals surface area (Å²) in [6.07, 6.45) is -0.854. The van der Waals surface area contributed by atoms with Gasteiger partial charge in [0.25, 0.3) is 0 Å². The Morgan fingerprint density at radius 1 is 1.10 bits per heavy atom. The van der Waals surface area contributed by atoms with Crippen molar-refractivity contribution in [1.29, 1.82) is 0 Å². The number of ether oxygens (including phenoxy) is 1. The highest BCUT2D eigenvalue weighted by Gasteiger charge is 2.17. The summed E-state index contributed by atoms with van der Waals surface area (Å²) in [6, 6.07) is 7.75. The van der Waals surface area contributed by atoms with Gasteiger partial charge in [0, 0.05) is 18.1 Å². The van der Waals surface area contributed by atoms with Gasteiger partial charge in [0.2, 0.25) is 0 Å². The van der Waals surface area contributed by atoms with Crippen LogP contribution in [0.4, 0.5) is 8.78 Å². The Morgan fingerprint density at radius 2 is 1.81 bits per heavy atom. The first-order chi connectivity index (χ1) is 9.92. The Kier molecular flexibility index (Phi) is 4.58. The quantitative estimate of drug-likeness (QED) is 0.927. The maximum Gasteiger partial charge on any atom is 0.131 e. The molecule has 0 aromatic heterocycles. The van der Waals surface area contributed by atoms with E-state index in [1.807, 2.05) is 25.1 Å². The number of hydrogen-bond donors (Lipinski definition) is 1. The van der Waals surface area contributed by atoms with Gasteiger partial charge in [-0.3, -0.25) is 0 Å². The maximum absolute atomic E-state index is 13.8. The summed E-state index contributed by atoms with van der Waals surface area (Å²) in [6.45, 7) is 3.47. The van der Waals surface area contributed by atoms with Crippen molar-refractivity contribution in [3.05, 3.63) is 64.2 Å². The fourth-order valence-electron chi connectivity index (χ4n) is 2.32. The number of hydrogen-bond acceptors (Lipinski definition) is 2. The second-order valence-electron chi connectivity index (χ2n) is 5.16. The van der Waals surface area contributed by atoms with Crippen LogP contribution in [0.1, 0.15) is 28.4 Å². The lowest BCUT2D eigenvalue weighted by Gasteiger charge is -2.16. The van der Waals surface area contributed by atoms with Gasteiger partial charge < -0.3 is 9.84 Å². The number of aliphatic hydroxyl groups excluding tert-OH is 1. The van der Waals surface area contributed by atoms with Crippen molar-refractivity contribution in [3.8, 4) is 5.75 Å². The van der Waals surface area contributed by atoms with Crippen molar-refractivity contribution in [1.82, 2.24) is 0 Å². The van der Waals surface area contributed by atoms with Gasteiger partial charge in [-0.25, -0.2) is 8.78 Å². The Labute approximate surface area is 123 Å². The minimum Gasteiger partial charge on any atom is -0.496 e. The van der Waals surface area contributed by atoms with E-state index in [2.05, 4.69) is 0 Å². The minimum atomic E-state index is -1.06. The first kappa shape index (κ1) is 15.4. The topological polar surface area (TPSA) is 29.5 Å². The molecule has 0 saturated heterocycles. The number of aliphatic hydroxyl groups is 1. The Balaban J connectivity index is 2.32. The predicted molar refractivity (Wildman–Crippen MR) is 77.5 cm³/mol. The van der Waals surface area contributed by atoms with Crippen LogP contribution in [0.3, 0.4) is 0 Å². The number of halogens is 2. The lowest BCUT2D eigenvalue weighted by molar-refractivity contribution is 0.172. The van der Waals surface area contributed by atoms with Gasteiger partial charge in [0.15, 0.2) is 0 Å². The number of aryl methyl sites for hydroxylation is 2. The molecule has 4 heteroatoms. The van der Waals surface area contributed by atoms with Crippen LogP contribution in [0.15, 0.2) is 30.3 Å². The van der Waals surface area contributed by atoms with Crippen molar-refractivity contribution in [2.75, 3.05) is 7.11 Å². The van der Waals surface area contributed by atoms with Crippen molar-refractivity contribution in [2.24, 2.45) is 0 Å². The number of benzene rings is 2. The zero-order chi connectivity index (χ0) is 15.6. The Morgan fingerprint density at radius 3 is 2.48 bits per heavy atom. The van der Waals surface area contributed by atoms with Gasteiger partial charge in [0.1, 0.15) is 17.4 Å². The molecular formula is C17H18F2O2. The third kappa shape index (κ3) is 3.39.